The number of hydrogen-bond acceptors (Lipinski definition) is 6. The van der Waals surface area contributed by atoms with Gasteiger partial charge in [0, 0.05) is 12.6 Å². The first-order valence-corrected chi connectivity index (χ1v) is 9.82. The molecule has 0 saturated carbocycles. The quantitative estimate of drug-likeness (QED) is 0.479. The maximum atomic E-state index is 12.9. The van der Waals surface area contributed by atoms with Gasteiger partial charge in [-0.15, -0.1) is 0 Å². The van der Waals surface area contributed by atoms with Gasteiger partial charge in [0.15, 0.2) is 5.78 Å². The Morgan fingerprint density at radius 1 is 1.13 bits per heavy atom. The van der Waals surface area contributed by atoms with E-state index >= 15 is 0 Å². The van der Waals surface area contributed by atoms with E-state index in [0.29, 0.717) is 6.54 Å². The van der Waals surface area contributed by atoms with Gasteiger partial charge in [-0.2, -0.15) is 0 Å². The Bertz CT molecular complexity index is 964. The summed E-state index contributed by atoms with van der Waals surface area (Å²) in [6, 6.07) is 9.49. The average Bonchev–Trinajstić information content (AvgIpc) is 2.71. The van der Waals surface area contributed by atoms with Crippen molar-refractivity contribution in [3.8, 4) is 0 Å². The SMILES string of the molecule is CCN(CC(=O)c1c(N)n(Cc2ccccc2)c(=O)n(CC)c1=O)C(C)C.NC=O. The topological polar surface area (TPSA) is 133 Å². The zero-order valence-electron chi connectivity index (χ0n) is 18.0. The molecule has 0 aliphatic rings. The van der Waals surface area contributed by atoms with Crippen LogP contribution < -0.4 is 22.7 Å². The minimum atomic E-state index is -0.617. The number of benzene rings is 1. The van der Waals surface area contributed by atoms with Crippen molar-refractivity contribution in [2.75, 3.05) is 18.8 Å². The smallest absolute Gasteiger partial charge is 0.332 e. The predicted octanol–water partition coefficient (Wildman–Crippen LogP) is 0.675. The summed E-state index contributed by atoms with van der Waals surface area (Å²) in [5.41, 5.74) is 9.97. The Morgan fingerprint density at radius 2 is 1.70 bits per heavy atom. The van der Waals surface area contributed by atoms with Crippen LogP contribution in [0.4, 0.5) is 5.82 Å². The molecule has 2 rings (SSSR count). The summed E-state index contributed by atoms with van der Waals surface area (Å²) < 4.78 is 2.37. The van der Waals surface area contributed by atoms with Crippen LogP contribution in [0.1, 0.15) is 43.6 Å². The number of aromatic nitrogens is 2. The molecule has 164 valence electrons. The summed E-state index contributed by atoms with van der Waals surface area (Å²) in [6.07, 6.45) is 0.250. The highest BCUT2D eigenvalue weighted by molar-refractivity contribution is 6.01. The molecule has 0 aliphatic carbocycles. The molecule has 1 aromatic carbocycles. The number of anilines is 1. The predicted molar refractivity (Wildman–Crippen MR) is 118 cm³/mol. The lowest BCUT2D eigenvalue weighted by molar-refractivity contribution is -0.106. The lowest BCUT2D eigenvalue weighted by Gasteiger charge is -2.24. The number of likely N-dealkylation sites (N-methyl/N-ethyl adjacent to an activating group) is 1. The van der Waals surface area contributed by atoms with Crippen molar-refractivity contribution in [1.82, 2.24) is 14.0 Å². The number of carbonyl (C=O) groups is 2. The number of hydrogen-bond donors (Lipinski definition) is 2. The average molecular weight is 418 g/mol. The highest BCUT2D eigenvalue weighted by Crippen LogP contribution is 2.11. The van der Waals surface area contributed by atoms with Gasteiger partial charge in [-0.25, -0.2) is 4.79 Å². The van der Waals surface area contributed by atoms with Gasteiger partial charge in [0.25, 0.3) is 5.56 Å². The largest absolute Gasteiger partial charge is 0.384 e. The molecule has 0 spiro atoms. The van der Waals surface area contributed by atoms with Gasteiger partial charge in [-0.05, 0) is 32.9 Å². The number of nitrogens with zero attached hydrogens (tertiary/aromatic N) is 3. The van der Waals surface area contributed by atoms with Crippen LogP contribution in [0.15, 0.2) is 39.9 Å². The van der Waals surface area contributed by atoms with E-state index in [1.165, 1.54) is 4.57 Å². The fourth-order valence-electron chi connectivity index (χ4n) is 3.10. The first-order valence-electron chi connectivity index (χ1n) is 9.82. The lowest BCUT2D eigenvalue weighted by Crippen LogP contribution is -2.45. The van der Waals surface area contributed by atoms with E-state index < -0.39 is 11.2 Å². The number of ketones is 1. The van der Waals surface area contributed by atoms with E-state index in [1.54, 1.807) is 6.92 Å². The Morgan fingerprint density at radius 3 is 2.17 bits per heavy atom. The number of nitrogen functional groups attached to an aromatic ring is 1. The van der Waals surface area contributed by atoms with E-state index in [2.05, 4.69) is 5.73 Å². The summed E-state index contributed by atoms with van der Waals surface area (Å²) in [4.78, 5) is 48.9. The molecule has 0 aliphatic heterocycles. The van der Waals surface area contributed by atoms with Gasteiger partial charge in [0.2, 0.25) is 6.41 Å². The second-order valence-corrected chi connectivity index (χ2v) is 6.88. The van der Waals surface area contributed by atoms with Gasteiger partial charge < -0.3 is 11.5 Å². The molecule has 0 radical (unpaired) electrons. The van der Waals surface area contributed by atoms with Crippen molar-refractivity contribution in [2.24, 2.45) is 5.73 Å². The van der Waals surface area contributed by atoms with E-state index in [0.717, 1.165) is 10.1 Å². The normalized spacial score (nSPS) is 10.6. The molecule has 1 amide bonds. The molecule has 0 bridgehead atoms. The van der Waals surface area contributed by atoms with Crippen LogP contribution in [0.5, 0.6) is 0 Å². The molecule has 0 saturated heterocycles. The summed E-state index contributed by atoms with van der Waals surface area (Å²) in [5.74, 6) is -0.430. The van der Waals surface area contributed by atoms with Gasteiger partial charge in [-0.1, -0.05) is 37.3 Å². The molecule has 9 nitrogen and oxygen atoms in total. The van der Waals surface area contributed by atoms with Gasteiger partial charge >= 0.3 is 5.69 Å². The molecule has 0 fully saturated rings. The van der Waals surface area contributed by atoms with Crippen molar-refractivity contribution >= 4 is 18.0 Å². The molecule has 0 unspecified atom stereocenters. The van der Waals surface area contributed by atoms with E-state index in [-0.39, 0.29) is 49.3 Å². The van der Waals surface area contributed by atoms with Crippen LogP contribution in [0, 0.1) is 0 Å². The molecule has 1 heterocycles. The molecular weight excluding hydrogens is 386 g/mol. The van der Waals surface area contributed by atoms with Crippen LogP contribution in [0.25, 0.3) is 0 Å². The molecule has 9 heteroatoms. The van der Waals surface area contributed by atoms with E-state index in [9.17, 15) is 14.4 Å². The Kier molecular flexibility index (Phi) is 9.70. The van der Waals surface area contributed by atoms with Gasteiger partial charge in [0.1, 0.15) is 11.4 Å². The number of rotatable bonds is 8. The Labute approximate surface area is 175 Å². The lowest BCUT2D eigenvalue weighted by atomic mass is 10.1. The summed E-state index contributed by atoms with van der Waals surface area (Å²) in [7, 11) is 0. The summed E-state index contributed by atoms with van der Waals surface area (Å²) in [6.45, 7) is 8.77. The summed E-state index contributed by atoms with van der Waals surface area (Å²) in [5, 5.41) is 0. The van der Waals surface area contributed by atoms with Crippen LogP contribution in [-0.4, -0.2) is 45.4 Å². The third-order valence-electron chi connectivity index (χ3n) is 4.73. The van der Waals surface area contributed by atoms with Crippen molar-refractivity contribution in [3.05, 3.63) is 62.3 Å². The standard InChI is InChI=1S/C20H28N4O3.CH3NO/c1-5-22(14(3)4)13-16(25)17-18(21)24(12-15-10-8-7-9-11-15)20(27)23(6-2)19(17)26;2-1-3/h7-11,14H,5-6,12-13,21H2,1-4H3;1H,(H2,2,3). The Hall–Kier alpha value is -3.20. The maximum absolute atomic E-state index is 12.9. The fourth-order valence-corrected chi connectivity index (χ4v) is 3.10. The van der Waals surface area contributed by atoms with Gasteiger partial charge in [-0.3, -0.25) is 28.4 Å². The van der Waals surface area contributed by atoms with Crippen molar-refractivity contribution in [1.29, 1.82) is 0 Å². The van der Waals surface area contributed by atoms with E-state index in [4.69, 9.17) is 10.5 Å². The second-order valence-electron chi connectivity index (χ2n) is 6.88. The van der Waals surface area contributed by atoms with Crippen LogP contribution >= 0.6 is 0 Å². The highest BCUT2D eigenvalue weighted by Gasteiger charge is 2.24. The zero-order chi connectivity index (χ0) is 22.8. The van der Waals surface area contributed by atoms with Crippen LogP contribution in [-0.2, 0) is 17.9 Å². The maximum Gasteiger partial charge on any atom is 0.332 e. The number of carbonyl (C=O) groups excluding carboxylic acids is 2. The van der Waals surface area contributed by atoms with E-state index in [1.807, 2.05) is 56.0 Å². The first kappa shape index (κ1) is 24.8. The monoisotopic (exact) mass is 417 g/mol. The van der Waals surface area contributed by atoms with Crippen LogP contribution in [0.2, 0.25) is 0 Å². The molecule has 1 aromatic heterocycles. The number of amides is 1. The summed E-state index contributed by atoms with van der Waals surface area (Å²) >= 11 is 0. The minimum Gasteiger partial charge on any atom is -0.384 e. The molecular formula is C21H31N5O4. The Balaban J connectivity index is 0.00000141. The minimum absolute atomic E-state index is 0.0663. The first-order chi connectivity index (χ1) is 14.2. The van der Waals surface area contributed by atoms with Crippen molar-refractivity contribution in [2.45, 2.75) is 46.8 Å². The fraction of sp³-hybridized carbons (Fsp3) is 0.429. The highest BCUT2D eigenvalue weighted by atomic mass is 16.2. The third kappa shape index (κ3) is 5.90. The molecule has 30 heavy (non-hydrogen) atoms. The zero-order valence-corrected chi connectivity index (χ0v) is 18.0. The second kappa shape index (κ2) is 11.7. The van der Waals surface area contributed by atoms with Gasteiger partial charge in [0.05, 0.1) is 13.1 Å². The number of Topliss-reactive ketones (excluding diaryl/α,β-unsaturated/α-hetero) is 1. The third-order valence-corrected chi connectivity index (χ3v) is 4.73. The molecule has 2 aromatic rings. The van der Waals surface area contributed by atoms with Crippen molar-refractivity contribution in [3.63, 3.8) is 0 Å². The van der Waals surface area contributed by atoms with Crippen LogP contribution in [0.3, 0.4) is 0 Å². The van der Waals surface area contributed by atoms with Crippen molar-refractivity contribution < 1.29 is 9.59 Å². The number of primary amides is 1. The molecule has 4 N–H and O–H groups in total. The molecule has 0 atom stereocenters. The number of nitrogens with two attached hydrogens (primary N) is 2.